The summed E-state index contributed by atoms with van der Waals surface area (Å²) in [7, 11) is 1.93. The van der Waals surface area contributed by atoms with Gasteiger partial charge in [0.05, 0.1) is 0 Å². The van der Waals surface area contributed by atoms with Crippen LogP contribution in [0.15, 0.2) is 12.4 Å². The van der Waals surface area contributed by atoms with Crippen LogP contribution in [0.1, 0.15) is 19.8 Å². The van der Waals surface area contributed by atoms with Crippen LogP contribution in [0, 0.1) is 0 Å². The topological polar surface area (TPSA) is 60.8 Å². The molecule has 0 saturated carbocycles. The summed E-state index contributed by atoms with van der Waals surface area (Å²) >= 11 is 0.643. The van der Waals surface area contributed by atoms with E-state index in [-0.39, 0.29) is 0 Å². The number of rotatable bonds is 5. The Balaban J connectivity index is 2.88. The third-order valence-electron chi connectivity index (χ3n) is 2.44. The average molecular weight is 397 g/mol. The van der Waals surface area contributed by atoms with Crippen LogP contribution >= 0.6 is 19.0 Å². The minimum atomic E-state index is -3.96. The Kier molecular flexibility index (Phi) is 5.24. The van der Waals surface area contributed by atoms with Crippen molar-refractivity contribution >= 4 is 19.0 Å². The number of unbranched alkanes of at least 4 members (excludes halogenated alkanes) is 1. The van der Waals surface area contributed by atoms with Crippen LogP contribution in [0.2, 0.25) is 0 Å². The molecule has 2 N–H and O–H groups in total. The van der Waals surface area contributed by atoms with Gasteiger partial charge in [0.15, 0.2) is 0 Å². The van der Waals surface area contributed by atoms with Crippen molar-refractivity contribution in [1.29, 1.82) is 0 Å². The molecule has 0 fully saturated rings. The monoisotopic (exact) mass is 398 g/mol. The van der Waals surface area contributed by atoms with E-state index in [1.165, 1.54) is 0 Å². The van der Waals surface area contributed by atoms with Crippen molar-refractivity contribution < 1.29 is 32.4 Å². The Morgan fingerprint density at radius 3 is 2.62 bits per heavy atom. The van der Waals surface area contributed by atoms with Gasteiger partial charge in [-0.25, -0.2) is 0 Å². The van der Waals surface area contributed by atoms with E-state index >= 15 is 0 Å². The van der Waals surface area contributed by atoms with Crippen molar-refractivity contribution in [2.24, 2.45) is 0 Å². The Bertz CT molecular complexity index is 324. The number of halogens is 1. The molecule has 1 heterocycles. The normalized spacial score (nSPS) is 25.8. The van der Waals surface area contributed by atoms with Crippen LogP contribution < -0.4 is 0 Å². The second kappa shape index (κ2) is 5.64. The summed E-state index contributed by atoms with van der Waals surface area (Å²) in [6.45, 7) is 3.57. The minimum absolute atomic E-state index is 0.456. The first-order chi connectivity index (χ1) is 7.32. The van der Waals surface area contributed by atoms with Crippen molar-refractivity contribution in [3.63, 3.8) is 0 Å². The van der Waals surface area contributed by atoms with Gasteiger partial charge >= 0.3 is 109 Å². The van der Waals surface area contributed by atoms with Gasteiger partial charge in [0.1, 0.15) is 0 Å². The first-order valence-electron chi connectivity index (χ1n) is 5.05. The zero-order chi connectivity index (χ0) is 12.4. The molecule has 0 aromatic carbocycles. The average Bonchev–Trinajstić information content (AvgIpc) is 2.56. The third-order valence-corrected chi connectivity index (χ3v) is 20.3. The van der Waals surface area contributed by atoms with E-state index in [2.05, 4.69) is 20.2 Å². The molecule has 0 aromatic heterocycles. The molecule has 0 saturated heterocycles. The fraction of sp³-hybridized carbons (Fsp3) is 0.750. The molecular formula is C8H18BrMoN2O3P+. The first kappa shape index (κ1) is 14.9. The van der Waals surface area contributed by atoms with Gasteiger partial charge in [-0.1, -0.05) is 0 Å². The van der Waals surface area contributed by atoms with E-state index in [0.717, 1.165) is 19.4 Å². The van der Waals surface area contributed by atoms with E-state index in [1.54, 1.807) is 0 Å². The summed E-state index contributed by atoms with van der Waals surface area (Å²) in [4.78, 5) is 20.7. The summed E-state index contributed by atoms with van der Waals surface area (Å²) in [5.41, 5.74) is -3.96. The second-order valence-corrected chi connectivity index (χ2v) is 19.9. The van der Waals surface area contributed by atoms with Crippen LogP contribution in [0.3, 0.4) is 0 Å². The SMILES string of the molecule is CCCC[N+]1([Mo]([Br])[P](=O)(O)O)C=CN(C)C1. The van der Waals surface area contributed by atoms with Gasteiger partial charge in [0, 0.05) is 0 Å². The zero-order valence-corrected chi connectivity index (χ0v) is 13.9. The molecule has 0 aliphatic carbocycles. The van der Waals surface area contributed by atoms with Crippen LogP contribution in [0.5, 0.6) is 0 Å². The molecule has 0 bridgehead atoms. The molecule has 1 aliphatic heterocycles. The summed E-state index contributed by atoms with van der Waals surface area (Å²) in [5, 5.41) is 0. The van der Waals surface area contributed by atoms with Crippen molar-refractivity contribution in [2.45, 2.75) is 19.8 Å². The molecule has 16 heavy (non-hydrogen) atoms. The van der Waals surface area contributed by atoms with Crippen molar-refractivity contribution in [1.82, 2.24) is 4.90 Å². The fourth-order valence-electron chi connectivity index (χ4n) is 1.66. The third kappa shape index (κ3) is 3.41. The molecule has 0 radical (unpaired) electrons. The molecule has 95 valence electrons. The molecule has 0 amide bonds. The van der Waals surface area contributed by atoms with Crippen molar-refractivity contribution in [3.8, 4) is 0 Å². The second-order valence-electron chi connectivity index (χ2n) is 3.94. The Hall–Kier alpha value is 0.818. The number of hydrogen-bond acceptors (Lipinski definition) is 2. The predicted octanol–water partition coefficient (Wildman–Crippen LogP) is 1.91. The van der Waals surface area contributed by atoms with E-state index in [4.69, 9.17) is 0 Å². The Morgan fingerprint density at radius 1 is 1.62 bits per heavy atom. The molecule has 1 atom stereocenters. The first-order valence-corrected chi connectivity index (χ1v) is 14.8. The van der Waals surface area contributed by atoms with Gasteiger partial charge in [0.25, 0.3) is 0 Å². The van der Waals surface area contributed by atoms with Crippen LogP contribution in [0.25, 0.3) is 0 Å². The quantitative estimate of drug-likeness (QED) is 0.550. The van der Waals surface area contributed by atoms with E-state index < -0.39 is 20.7 Å². The van der Waals surface area contributed by atoms with Crippen LogP contribution in [-0.4, -0.2) is 38.0 Å². The molecule has 1 unspecified atom stereocenters. The van der Waals surface area contributed by atoms with E-state index in [1.807, 2.05) is 24.3 Å². The molecular weight excluding hydrogens is 379 g/mol. The molecule has 0 aromatic rings. The number of quaternary nitrogens is 1. The Labute approximate surface area is 108 Å². The summed E-state index contributed by atoms with van der Waals surface area (Å²) in [6.07, 6.45) is 5.89. The number of hydrogen-bond donors (Lipinski definition) is 2. The summed E-state index contributed by atoms with van der Waals surface area (Å²) in [5.74, 6) is 0. The molecule has 5 nitrogen and oxygen atoms in total. The molecule has 8 heteroatoms. The van der Waals surface area contributed by atoms with Crippen molar-refractivity contribution in [3.05, 3.63) is 12.4 Å². The standard InChI is InChI=1S/C8H16N2.BrH.Mo.HO3P/c1-3-4-5-10-7-6-9(2)8-10;;;1-4(2)3/h6-7H,3-5,8H2,1-2H3;1H;;(H-,1,2,3)/q;;+1;. The van der Waals surface area contributed by atoms with E-state index in [9.17, 15) is 14.4 Å². The van der Waals surface area contributed by atoms with Gasteiger partial charge in [-0.15, -0.1) is 0 Å². The van der Waals surface area contributed by atoms with Gasteiger partial charge in [0.2, 0.25) is 0 Å². The van der Waals surface area contributed by atoms with Crippen LogP contribution in [-0.2, 0) is 19.6 Å². The van der Waals surface area contributed by atoms with Crippen molar-refractivity contribution in [2.75, 3.05) is 20.3 Å². The van der Waals surface area contributed by atoms with Gasteiger partial charge < -0.3 is 0 Å². The molecule has 0 spiro atoms. The predicted molar refractivity (Wildman–Crippen MR) is 62.8 cm³/mol. The molecule has 1 aliphatic rings. The molecule has 1 rings (SSSR count). The maximum absolute atomic E-state index is 11.4. The zero-order valence-electron chi connectivity index (χ0n) is 9.41. The Morgan fingerprint density at radius 2 is 2.25 bits per heavy atom. The fourth-order valence-corrected chi connectivity index (χ4v) is 10.0. The van der Waals surface area contributed by atoms with Gasteiger partial charge in [-0.05, 0) is 0 Å². The summed E-state index contributed by atoms with van der Waals surface area (Å²) < 4.78 is 11.9. The maximum atomic E-state index is 11.4. The van der Waals surface area contributed by atoms with E-state index in [0.29, 0.717) is 9.71 Å². The van der Waals surface area contributed by atoms with Gasteiger partial charge in [-0.3, -0.25) is 0 Å². The summed E-state index contributed by atoms with van der Waals surface area (Å²) in [6, 6.07) is 0. The van der Waals surface area contributed by atoms with Crippen LogP contribution in [0.4, 0.5) is 0 Å². The van der Waals surface area contributed by atoms with Gasteiger partial charge in [-0.2, -0.15) is 0 Å². The number of nitrogens with zero attached hydrogens (tertiary/aromatic N) is 2.